The molecule has 7 heteroatoms. The van der Waals surface area contributed by atoms with E-state index in [0.29, 0.717) is 13.1 Å². The molecule has 1 rings (SSSR count). The van der Waals surface area contributed by atoms with Crippen LogP contribution in [0.15, 0.2) is 0 Å². The Balaban J connectivity index is 2.64. The van der Waals surface area contributed by atoms with Crippen LogP contribution in [0.2, 0.25) is 0 Å². The average molecular weight is 277 g/mol. The molecule has 1 saturated heterocycles. The molecule has 1 aliphatic heterocycles. The lowest BCUT2D eigenvalue weighted by Gasteiger charge is -2.35. The Morgan fingerprint density at radius 3 is 2.67 bits per heavy atom. The fourth-order valence-corrected chi connectivity index (χ4v) is 2.92. The van der Waals surface area contributed by atoms with Gasteiger partial charge in [-0.05, 0) is 26.2 Å². The molecular formula is C11H23N3O3S. The summed E-state index contributed by atoms with van der Waals surface area (Å²) in [4.78, 5) is 13.8. The highest BCUT2D eigenvalue weighted by atomic mass is 32.2. The van der Waals surface area contributed by atoms with Crippen LogP contribution in [0.5, 0.6) is 0 Å². The first-order valence-corrected chi connectivity index (χ1v) is 7.96. The maximum Gasteiger partial charge on any atom is 0.238 e. The van der Waals surface area contributed by atoms with E-state index >= 15 is 0 Å². The van der Waals surface area contributed by atoms with E-state index in [1.54, 1.807) is 11.8 Å². The van der Waals surface area contributed by atoms with Crippen LogP contribution >= 0.6 is 0 Å². The Hall–Kier alpha value is -0.660. The zero-order valence-corrected chi connectivity index (χ0v) is 11.9. The van der Waals surface area contributed by atoms with Gasteiger partial charge in [0.25, 0.3) is 0 Å². The van der Waals surface area contributed by atoms with E-state index in [0.717, 1.165) is 23.6 Å². The number of likely N-dealkylation sites (N-methyl/N-ethyl adjacent to an activating group) is 1. The molecule has 0 radical (unpaired) electrons. The first-order chi connectivity index (χ1) is 8.42. The van der Waals surface area contributed by atoms with E-state index in [-0.39, 0.29) is 24.2 Å². The fraction of sp³-hybridized carbons (Fsp3) is 0.909. The lowest BCUT2D eigenvalue weighted by molar-refractivity contribution is -0.134. The number of rotatable bonds is 5. The van der Waals surface area contributed by atoms with Gasteiger partial charge in [-0.1, -0.05) is 0 Å². The normalized spacial score (nSPS) is 21.3. The Labute approximate surface area is 109 Å². The van der Waals surface area contributed by atoms with Crippen molar-refractivity contribution in [3.8, 4) is 0 Å². The van der Waals surface area contributed by atoms with Crippen LogP contribution in [-0.4, -0.2) is 62.0 Å². The summed E-state index contributed by atoms with van der Waals surface area (Å²) in [6, 6.07) is 0.0592. The second-order valence-electron chi connectivity index (χ2n) is 4.63. The molecule has 0 aliphatic carbocycles. The Bertz CT molecular complexity index is 383. The molecule has 1 atom stereocenters. The van der Waals surface area contributed by atoms with Gasteiger partial charge in [-0.15, -0.1) is 0 Å². The molecule has 1 aliphatic rings. The lowest BCUT2D eigenvalue weighted by atomic mass is 10.0. The minimum atomic E-state index is -3.30. The molecule has 6 nitrogen and oxygen atoms in total. The SMILES string of the molecule is CCS(=O)(=O)N(C)CC(=O)N1CCCCC1CN. The fourth-order valence-electron chi connectivity index (χ4n) is 2.17. The van der Waals surface area contributed by atoms with Gasteiger partial charge in [0.2, 0.25) is 15.9 Å². The van der Waals surface area contributed by atoms with E-state index < -0.39 is 10.0 Å². The Kier molecular flexibility index (Phi) is 5.55. The van der Waals surface area contributed by atoms with Gasteiger partial charge in [-0.25, -0.2) is 8.42 Å². The molecule has 1 heterocycles. The number of nitrogens with zero attached hydrogens (tertiary/aromatic N) is 2. The van der Waals surface area contributed by atoms with Gasteiger partial charge in [0.05, 0.1) is 12.3 Å². The lowest BCUT2D eigenvalue weighted by Crippen LogP contribution is -2.51. The van der Waals surface area contributed by atoms with Crippen molar-refractivity contribution in [3.63, 3.8) is 0 Å². The minimum absolute atomic E-state index is 0.0110. The minimum Gasteiger partial charge on any atom is -0.337 e. The second kappa shape index (κ2) is 6.49. The molecule has 0 saturated carbocycles. The second-order valence-corrected chi connectivity index (χ2v) is 6.99. The average Bonchev–Trinajstić information content (AvgIpc) is 2.38. The van der Waals surface area contributed by atoms with E-state index in [9.17, 15) is 13.2 Å². The molecule has 0 bridgehead atoms. The zero-order chi connectivity index (χ0) is 13.8. The first-order valence-electron chi connectivity index (χ1n) is 6.36. The monoisotopic (exact) mass is 277 g/mol. The van der Waals surface area contributed by atoms with Crippen LogP contribution in [-0.2, 0) is 14.8 Å². The van der Waals surface area contributed by atoms with E-state index in [4.69, 9.17) is 5.73 Å². The van der Waals surface area contributed by atoms with Crippen LogP contribution in [0.1, 0.15) is 26.2 Å². The van der Waals surface area contributed by atoms with Gasteiger partial charge in [-0.2, -0.15) is 4.31 Å². The van der Waals surface area contributed by atoms with Crippen LogP contribution in [0.25, 0.3) is 0 Å². The van der Waals surface area contributed by atoms with Crippen molar-refractivity contribution in [2.45, 2.75) is 32.2 Å². The summed E-state index contributed by atoms with van der Waals surface area (Å²) in [5.41, 5.74) is 5.65. The molecule has 18 heavy (non-hydrogen) atoms. The number of piperidine rings is 1. The third-order valence-corrected chi connectivity index (χ3v) is 5.23. The van der Waals surface area contributed by atoms with Crippen molar-refractivity contribution >= 4 is 15.9 Å². The summed E-state index contributed by atoms with van der Waals surface area (Å²) < 4.78 is 24.3. The predicted octanol–water partition coefficient (Wildman–Crippen LogP) is -0.392. The van der Waals surface area contributed by atoms with Gasteiger partial charge in [0, 0.05) is 26.2 Å². The Morgan fingerprint density at radius 1 is 1.44 bits per heavy atom. The van der Waals surface area contributed by atoms with Gasteiger partial charge < -0.3 is 10.6 Å². The summed E-state index contributed by atoms with van der Waals surface area (Å²) in [6.45, 7) is 2.60. The first kappa shape index (κ1) is 15.4. The molecule has 2 N–H and O–H groups in total. The van der Waals surface area contributed by atoms with Crippen molar-refractivity contribution in [1.29, 1.82) is 0 Å². The highest BCUT2D eigenvalue weighted by molar-refractivity contribution is 7.89. The number of sulfonamides is 1. The molecule has 1 amide bonds. The maximum absolute atomic E-state index is 12.1. The van der Waals surface area contributed by atoms with Crippen molar-refractivity contribution in [2.75, 3.05) is 32.4 Å². The summed E-state index contributed by atoms with van der Waals surface area (Å²) in [5.74, 6) is -0.137. The number of hydrogen-bond donors (Lipinski definition) is 1. The van der Waals surface area contributed by atoms with Crippen LogP contribution in [0.4, 0.5) is 0 Å². The van der Waals surface area contributed by atoms with Crippen molar-refractivity contribution in [3.05, 3.63) is 0 Å². The molecular weight excluding hydrogens is 254 g/mol. The number of hydrogen-bond acceptors (Lipinski definition) is 4. The van der Waals surface area contributed by atoms with Crippen LogP contribution in [0.3, 0.4) is 0 Å². The van der Waals surface area contributed by atoms with Gasteiger partial charge in [-0.3, -0.25) is 4.79 Å². The predicted molar refractivity (Wildman–Crippen MR) is 70.5 cm³/mol. The topological polar surface area (TPSA) is 83.7 Å². The molecule has 1 fully saturated rings. The molecule has 0 aromatic rings. The molecule has 0 aromatic heterocycles. The molecule has 106 valence electrons. The standard InChI is InChI=1S/C11H23N3O3S/c1-3-18(16,17)13(2)9-11(15)14-7-5-4-6-10(14)8-12/h10H,3-9,12H2,1-2H3. The van der Waals surface area contributed by atoms with E-state index in [1.165, 1.54) is 7.05 Å². The van der Waals surface area contributed by atoms with Crippen molar-refractivity contribution in [2.24, 2.45) is 5.73 Å². The number of carbonyl (C=O) groups is 1. The van der Waals surface area contributed by atoms with E-state index in [2.05, 4.69) is 0 Å². The van der Waals surface area contributed by atoms with Crippen molar-refractivity contribution in [1.82, 2.24) is 9.21 Å². The van der Waals surface area contributed by atoms with E-state index in [1.807, 2.05) is 0 Å². The Morgan fingerprint density at radius 2 is 2.11 bits per heavy atom. The summed E-state index contributed by atoms with van der Waals surface area (Å²) >= 11 is 0. The quantitative estimate of drug-likeness (QED) is 0.741. The van der Waals surface area contributed by atoms with Crippen LogP contribution < -0.4 is 5.73 Å². The summed E-state index contributed by atoms with van der Waals surface area (Å²) in [7, 11) is -1.86. The maximum atomic E-state index is 12.1. The summed E-state index contributed by atoms with van der Waals surface area (Å²) in [5, 5.41) is 0. The highest BCUT2D eigenvalue weighted by Gasteiger charge is 2.28. The molecule has 0 aromatic carbocycles. The largest absolute Gasteiger partial charge is 0.337 e. The number of nitrogens with two attached hydrogens (primary N) is 1. The number of likely N-dealkylation sites (tertiary alicyclic amines) is 1. The van der Waals surface area contributed by atoms with Crippen molar-refractivity contribution < 1.29 is 13.2 Å². The van der Waals surface area contributed by atoms with Gasteiger partial charge in [0.15, 0.2) is 0 Å². The van der Waals surface area contributed by atoms with Crippen LogP contribution in [0, 0.1) is 0 Å². The van der Waals surface area contributed by atoms with Gasteiger partial charge >= 0.3 is 0 Å². The molecule has 1 unspecified atom stereocenters. The third-order valence-electron chi connectivity index (χ3n) is 3.42. The number of carbonyl (C=O) groups excluding carboxylic acids is 1. The third kappa shape index (κ3) is 3.66. The highest BCUT2D eigenvalue weighted by Crippen LogP contribution is 2.16. The summed E-state index contributed by atoms with van der Waals surface area (Å²) in [6.07, 6.45) is 2.95. The van der Waals surface area contributed by atoms with Gasteiger partial charge in [0.1, 0.15) is 0 Å². The molecule has 0 spiro atoms. The number of amides is 1. The smallest absolute Gasteiger partial charge is 0.238 e. The zero-order valence-electron chi connectivity index (χ0n) is 11.1.